The number of rotatable bonds is 45. The van der Waals surface area contributed by atoms with E-state index in [1.165, 1.54) is 89.9 Å². The highest BCUT2D eigenvalue weighted by Crippen LogP contribution is 2.16. The SMILES string of the molecule is CC/C=C\C/C=C\C/C=C\C/C=C\C/C=C\CC(CC(=O)NC(CO)C(O)CCCCCCCCCCCCCCCCCCC)OC(=O)CCCCC\C=C/C=C\C=C\C=C\CC. The summed E-state index contributed by atoms with van der Waals surface area (Å²) in [5.41, 5.74) is 0. The van der Waals surface area contributed by atoms with Crippen LogP contribution >= 0.6 is 0 Å². The van der Waals surface area contributed by atoms with Gasteiger partial charge in [-0.1, -0.05) is 246 Å². The zero-order valence-corrected chi connectivity index (χ0v) is 41.4. The van der Waals surface area contributed by atoms with Gasteiger partial charge >= 0.3 is 5.97 Å². The number of aliphatic hydroxyl groups is 2. The predicted octanol–water partition coefficient (Wildman–Crippen LogP) is 15.9. The molecule has 0 aromatic carbocycles. The molecule has 0 aliphatic carbocycles. The van der Waals surface area contributed by atoms with Gasteiger partial charge in [-0.3, -0.25) is 9.59 Å². The fraction of sp³-hybridized carbons (Fsp3) is 0.655. The number of esters is 1. The van der Waals surface area contributed by atoms with Gasteiger partial charge in [0, 0.05) is 12.8 Å². The Hall–Kier alpha value is -3.48. The summed E-state index contributed by atoms with van der Waals surface area (Å²) in [5, 5.41) is 23.8. The molecule has 0 saturated heterocycles. The highest BCUT2D eigenvalue weighted by atomic mass is 16.5. The lowest BCUT2D eigenvalue weighted by molar-refractivity contribution is -0.150. The molecule has 0 saturated carbocycles. The molecule has 0 radical (unpaired) electrons. The van der Waals surface area contributed by atoms with Crippen LogP contribution in [0, 0.1) is 0 Å². The average Bonchev–Trinajstić information content (AvgIpc) is 3.29. The lowest BCUT2D eigenvalue weighted by Crippen LogP contribution is -2.46. The minimum atomic E-state index is -0.826. The molecule has 0 bridgehead atoms. The third kappa shape index (κ3) is 45.1. The Morgan fingerprint density at radius 3 is 1.44 bits per heavy atom. The molecular weight excluding hydrogens is 791 g/mol. The number of hydrogen-bond donors (Lipinski definition) is 3. The second-order valence-electron chi connectivity index (χ2n) is 17.3. The lowest BCUT2D eigenvalue weighted by Gasteiger charge is -2.24. The zero-order valence-electron chi connectivity index (χ0n) is 41.4. The van der Waals surface area contributed by atoms with E-state index in [2.05, 4.69) is 92.9 Å². The monoisotopic (exact) mass is 888 g/mol. The highest BCUT2D eigenvalue weighted by Gasteiger charge is 2.23. The Labute approximate surface area is 394 Å². The fourth-order valence-electron chi connectivity index (χ4n) is 7.29. The van der Waals surface area contributed by atoms with Gasteiger partial charge < -0.3 is 20.3 Å². The van der Waals surface area contributed by atoms with Gasteiger partial charge in [0.05, 0.1) is 25.2 Å². The van der Waals surface area contributed by atoms with E-state index in [9.17, 15) is 19.8 Å². The van der Waals surface area contributed by atoms with Crippen molar-refractivity contribution in [1.29, 1.82) is 0 Å². The van der Waals surface area contributed by atoms with Crippen LogP contribution in [0.5, 0.6) is 0 Å². The zero-order chi connectivity index (χ0) is 46.7. The van der Waals surface area contributed by atoms with E-state index in [0.717, 1.165) is 83.5 Å². The largest absolute Gasteiger partial charge is 0.461 e. The third-order valence-electron chi connectivity index (χ3n) is 11.2. The first-order valence-electron chi connectivity index (χ1n) is 26.2. The Kier molecular flexibility index (Phi) is 47.8. The van der Waals surface area contributed by atoms with E-state index < -0.39 is 18.2 Å². The number of allylic oxidation sites excluding steroid dienone is 17. The Balaban J connectivity index is 4.73. The third-order valence-corrected chi connectivity index (χ3v) is 11.2. The molecule has 0 fully saturated rings. The number of carbonyl (C=O) groups is 2. The van der Waals surface area contributed by atoms with Crippen molar-refractivity contribution < 1.29 is 24.5 Å². The summed E-state index contributed by atoms with van der Waals surface area (Å²) in [6.07, 6.45) is 68.8. The quantitative estimate of drug-likeness (QED) is 0.0245. The van der Waals surface area contributed by atoms with Crippen LogP contribution in [0.4, 0.5) is 0 Å². The Bertz CT molecular complexity index is 1320. The van der Waals surface area contributed by atoms with Crippen LogP contribution in [0.25, 0.3) is 0 Å². The number of ether oxygens (including phenoxy) is 1. The van der Waals surface area contributed by atoms with Gasteiger partial charge in [0.15, 0.2) is 0 Å². The maximum atomic E-state index is 13.2. The van der Waals surface area contributed by atoms with Gasteiger partial charge in [-0.2, -0.15) is 0 Å². The van der Waals surface area contributed by atoms with Gasteiger partial charge in [-0.05, 0) is 64.2 Å². The van der Waals surface area contributed by atoms with E-state index in [1.807, 2.05) is 42.5 Å². The summed E-state index contributed by atoms with van der Waals surface area (Å²) < 4.78 is 5.84. The number of hydrogen-bond acceptors (Lipinski definition) is 5. The van der Waals surface area contributed by atoms with Crippen LogP contribution in [0.3, 0.4) is 0 Å². The molecule has 0 rings (SSSR count). The first-order valence-corrected chi connectivity index (χ1v) is 26.2. The molecule has 6 heteroatoms. The van der Waals surface area contributed by atoms with Gasteiger partial charge in [-0.15, -0.1) is 0 Å². The molecule has 0 aliphatic rings. The predicted molar refractivity (Wildman–Crippen MR) is 277 cm³/mol. The van der Waals surface area contributed by atoms with Crippen LogP contribution in [0.2, 0.25) is 0 Å². The number of carbonyl (C=O) groups excluding carboxylic acids is 2. The summed E-state index contributed by atoms with van der Waals surface area (Å²) >= 11 is 0. The van der Waals surface area contributed by atoms with Gasteiger partial charge in [0.1, 0.15) is 6.10 Å². The van der Waals surface area contributed by atoms with Crippen molar-refractivity contribution >= 4 is 11.9 Å². The van der Waals surface area contributed by atoms with Crippen LogP contribution < -0.4 is 5.32 Å². The lowest BCUT2D eigenvalue weighted by atomic mass is 10.0. The first kappa shape index (κ1) is 60.5. The second kappa shape index (κ2) is 50.5. The summed E-state index contributed by atoms with van der Waals surface area (Å²) in [6.45, 7) is 6.19. The molecule has 0 aromatic rings. The van der Waals surface area contributed by atoms with E-state index in [1.54, 1.807) is 0 Å². The van der Waals surface area contributed by atoms with Crippen LogP contribution in [0.1, 0.15) is 220 Å². The van der Waals surface area contributed by atoms with Crippen LogP contribution in [-0.4, -0.2) is 46.9 Å². The van der Waals surface area contributed by atoms with Crippen molar-refractivity contribution in [3.63, 3.8) is 0 Å². The molecule has 0 spiro atoms. The Morgan fingerprint density at radius 1 is 0.500 bits per heavy atom. The molecule has 3 atom stereocenters. The van der Waals surface area contributed by atoms with Crippen molar-refractivity contribution in [3.05, 3.63) is 109 Å². The Morgan fingerprint density at radius 2 is 0.938 bits per heavy atom. The maximum Gasteiger partial charge on any atom is 0.306 e. The molecule has 0 aliphatic heterocycles. The van der Waals surface area contributed by atoms with E-state index in [-0.39, 0.29) is 24.9 Å². The van der Waals surface area contributed by atoms with Gasteiger partial charge in [0.2, 0.25) is 5.91 Å². The van der Waals surface area contributed by atoms with Crippen LogP contribution in [-0.2, 0) is 14.3 Å². The molecular formula is C58H97NO5. The minimum absolute atomic E-state index is 0.0230. The summed E-state index contributed by atoms with van der Waals surface area (Å²) in [7, 11) is 0. The van der Waals surface area contributed by atoms with Crippen molar-refractivity contribution in [2.45, 2.75) is 238 Å². The van der Waals surface area contributed by atoms with Crippen LogP contribution in [0.15, 0.2) is 109 Å². The molecule has 3 unspecified atom stereocenters. The standard InChI is InChI=1S/C58H97NO5/c1-4-7-10-13-16-19-22-25-27-28-30-33-35-38-41-44-47-50-56(61)55(53-60)59-57(62)52-54(49-46-43-40-37-34-32-29-26-23-20-17-14-11-8-5-2)64-58(63)51-48-45-42-39-36-31-24-21-18-15-12-9-6-3/h8-9,11-12,15,17-18,20-21,24,26,29,31,34,36-37,43,46,54-56,60-61H,4-7,10,13-14,16,19,22-23,25,27-28,30,32-33,35,38-42,44-45,47-53H2,1-3H3,(H,59,62)/b11-8-,12-9+,18-15+,20-17-,24-21-,29-26-,36-31-,37-34-,46-43-. The fourth-order valence-corrected chi connectivity index (χ4v) is 7.29. The van der Waals surface area contributed by atoms with Gasteiger partial charge in [0.25, 0.3) is 0 Å². The molecule has 364 valence electrons. The maximum absolute atomic E-state index is 13.2. The highest BCUT2D eigenvalue weighted by molar-refractivity contribution is 5.77. The number of amides is 1. The first-order chi connectivity index (χ1) is 31.5. The molecule has 0 heterocycles. The molecule has 1 amide bonds. The molecule has 64 heavy (non-hydrogen) atoms. The van der Waals surface area contributed by atoms with Crippen molar-refractivity contribution in [3.8, 4) is 0 Å². The smallest absolute Gasteiger partial charge is 0.306 e. The topological polar surface area (TPSA) is 95.9 Å². The normalized spacial score (nSPS) is 14.1. The minimum Gasteiger partial charge on any atom is -0.461 e. The molecule has 0 aromatic heterocycles. The average molecular weight is 888 g/mol. The van der Waals surface area contributed by atoms with Gasteiger partial charge in [-0.25, -0.2) is 0 Å². The van der Waals surface area contributed by atoms with Crippen molar-refractivity contribution in [2.24, 2.45) is 0 Å². The number of nitrogens with one attached hydrogen (secondary N) is 1. The summed E-state index contributed by atoms with van der Waals surface area (Å²) in [5.74, 6) is -0.635. The summed E-state index contributed by atoms with van der Waals surface area (Å²) in [4.78, 5) is 26.1. The second-order valence-corrected chi connectivity index (χ2v) is 17.3. The molecule has 6 nitrogen and oxygen atoms in total. The van der Waals surface area contributed by atoms with Crippen molar-refractivity contribution in [2.75, 3.05) is 6.61 Å². The number of aliphatic hydroxyl groups excluding tert-OH is 2. The summed E-state index contributed by atoms with van der Waals surface area (Å²) in [6, 6.07) is -0.748. The number of unbranched alkanes of at least 4 members (excludes halogenated alkanes) is 19. The van der Waals surface area contributed by atoms with E-state index in [0.29, 0.717) is 19.3 Å². The van der Waals surface area contributed by atoms with E-state index >= 15 is 0 Å². The van der Waals surface area contributed by atoms with Crippen molar-refractivity contribution in [1.82, 2.24) is 5.32 Å². The van der Waals surface area contributed by atoms with E-state index in [4.69, 9.17) is 4.74 Å². The molecule has 3 N–H and O–H groups in total.